The van der Waals surface area contributed by atoms with Crippen molar-refractivity contribution < 1.29 is 0 Å². The van der Waals surface area contributed by atoms with Crippen molar-refractivity contribution in [3.63, 3.8) is 0 Å². The molecule has 1 saturated carbocycles. The second-order valence-corrected chi connectivity index (χ2v) is 7.86. The van der Waals surface area contributed by atoms with Crippen molar-refractivity contribution in [3.05, 3.63) is 35.7 Å². The van der Waals surface area contributed by atoms with Gasteiger partial charge in [-0.25, -0.2) is 9.97 Å². The number of nitrogens with two attached hydrogens (primary N) is 1. The first-order valence-electron chi connectivity index (χ1n) is 9.44. The molecule has 0 atom stereocenters. The molecule has 0 unspecified atom stereocenters. The van der Waals surface area contributed by atoms with Crippen molar-refractivity contribution in [2.24, 2.45) is 5.73 Å². The van der Waals surface area contributed by atoms with Gasteiger partial charge in [0.05, 0.1) is 11.8 Å². The molecular weight excluding hydrogens is 362 g/mol. The maximum Gasteiger partial charge on any atom is 0.227 e. The molecule has 8 heteroatoms. The Morgan fingerprint density at radius 1 is 1.11 bits per heavy atom. The molecule has 2 aromatic heterocycles. The number of fused-ring (bicyclic) bond motifs is 1. The highest BCUT2D eigenvalue weighted by molar-refractivity contribution is 6.31. The van der Waals surface area contributed by atoms with E-state index >= 15 is 0 Å². The molecule has 3 aromatic rings. The fourth-order valence-corrected chi connectivity index (χ4v) is 3.69. The molecule has 140 valence electrons. The minimum atomic E-state index is 0.268. The Labute approximate surface area is 162 Å². The predicted molar refractivity (Wildman–Crippen MR) is 108 cm³/mol. The number of aromatic nitrogens is 4. The van der Waals surface area contributed by atoms with E-state index in [1.54, 1.807) is 0 Å². The molecule has 2 fully saturated rings. The lowest BCUT2D eigenvalue weighted by Crippen LogP contribution is -2.40. The van der Waals surface area contributed by atoms with Crippen LogP contribution in [0.2, 0.25) is 5.02 Å². The number of hydrogen-bond donors (Lipinski definition) is 2. The number of benzene rings is 1. The molecule has 0 radical (unpaired) electrons. The van der Waals surface area contributed by atoms with Crippen LogP contribution in [0.4, 0.5) is 17.6 Å². The number of halogens is 1. The number of imidazole rings is 1. The summed E-state index contributed by atoms with van der Waals surface area (Å²) in [5.41, 5.74) is 6.91. The van der Waals surface area contributed by atoms with Gasteiger partial charge in [0.25, 0.3) is 0 Å². The van der Waals surface area contributed by atoms with Crippen LogP contribution < -0.4 is 16.0 Å². The number of piperidine rings is 1. The molecule has 1 aromatic carbocycles. The highest BCUT2D eigenvalue weighted by Gasteiger charge is 2.24. The van der Waals surface area contributed by atoms with Gasteiger partial charge in [0.1, 0.15) is 11.6 Å². The van der Waals surface area contributed by atoms with E-state index in [1.807, 2.05) is 30.7 Å². The van der Waals surface area contributed by atoms with Crippen LogP contribution in [0.25, 0.3) is 10.9 Å². The van der Waals surface area contributed by atoms with Crippen LogP contribution in [0, 0.1) is 0 Å². The number of rotatable bonds is 4. The molecule has 7 nitrogen and oxygen atoms in total. The summed E-state index contributed by atoms with van der Waals surface area (Å²) >= 11 is 6.22. The topological polar surface area (TPSA) is 84.9 Å². The molecule has 3 heterocycles. The van der Waals surface area contributed by atoms with Gasteiger partial charge in [0.2, 0.25) is 5.95 Å². The van der Waals surface area contributed by atoms with Gasteiger partial charge in [-0.05, 0) is 43.9 Å². The van der Waals surface area contributed by atoms with E-state index in [4.69, 9.17) is 27.3 Å². The molecule has 2 aliphatic rings. The summed E-state index contributed by atoms with van der Waals surface area (Å²) in [5, 5.41) is 4.92. The van der Waals surface area contributed by atoms with E-state index in [-0.39, 0.29) is 6.04 Å². The zero-order valence-corrected chi connectivity index (χ0v) is 15.7. The lowest BCUT2D eigenvalue weighted by molar-refractivity contribution is 0.496. The zero-order valence-electron chi connectivity index (χ0n) is 15.0. The normalized spacial score (nSPS) is 18.2. The van der Waals surface area contributed by atoms with Crippen molar-refractivity contribution >= 4 is 40.1 Å². The molecule has 0 bridgehead atoms. The highest BCUT2D eigenvalue weighted by atomic mass is 35.5. The van der Waals surface area contributed by atoms with Gasteiger partial charge >= 0.3 is 0 Å². The number of anilines is 3. The summed E-state index contributed by atoms with van der Waals surface area (Å²) in [6, 6.07) is 6.56. The van der Waals surface area contributed by atoms with E-state index in [9.17, 15) is 0 Å². The van der Waals surface area contributed by atoms with Gasteiger partial charge in [-0.1, -0.05) is 11.6 Å². The molecule has 1 aliphatic heterocycles. The summed E-state index contributed by atoms with van der Waals surface area (Å²) in [6.07, 6.45) is 8.28. The van der Waals surface area contributed by atoms with Crippen molar-refractivity contribution in [3.8, 4) is 0 Å². The smallest absolute Gasteiger partial charge is 0.227 e. The maximum atomic E-state index is 6.22. The summed E-state index contributed by atoms with van der Waals surface area (Å²) < 4.78 is 2.16. The molecule has 1 aliphatic carbocycles. The van der Waals surface area contributed by atoms with Crippen LogP contribution >= 0.6 is 11.6 Å². The van der Waals surface area contributed by atoms with Gasteiger partial charge in [-0.15, -0.1) is 0 Å². The number of nitrogens with one attached hydrogen (secondary N) is 1. The van der Waals surface area contributed by atoms with E-state index in [2.05, 4.69) is 19.8 Å². The summed E-state index contributed by atoms with van der Waals surface area (Å²) in [6.45, 7) is 1.74. The van der Waals surface area contributed by atoms with Crippen LogP contribution in [0.15, 0.2) is 30.7 Å². The lowest BCUT2D eigenvalue weighted by atomic mass is 10.1. The Morgan fingerprint density at radius 2 is 1.93 bits per heavy atom. The van der Waals surface area contributed by atoms with Gasteiger partial charge in [-0.2, -0.15) is 4.98 Å². The minimum Gasteiger partial charge on any atom is -0.341 e. The fraction of sp³-hybridized carbons (Fsp3) is 0.421. The Hall–Kier alpha value is -2.38. The quantitative estimate of drug-likeness (QED) is 0.717. The Balaban J connectivity index is 1.52. The molecule has 3 N–H and O–H groups in total. The monoisotopic (exact) mass is 383 g/mol. The average Bonchev–Trinajstić information content (AvgIpc) is 3.42. The minimum absolute atomic E-state index is 0.268. The first-order valence-corrected chi connectivity index (χ1v) is 9.82. The third-order valence-corrected chi connectivity index (χ3v) is 5.52. The fourth-order valence-electron chi connectivity index (χ4n) is 3.52. The molecule has 0 amide bonds. The Bertz CT molecular complexity index is 973. The second-order valence-electron chi connectivity index (χ2n) is 7.42. The van der Waals surface area contributed by atoms with Crippen molar-refractivity contribution in [1.29, 1.82) is 0 Å². The van der Waals surface area contributed by atoms with Crippen molar-refractivity contribution in [1.82, 2.24) is 19.5 Å². The third kappa shape index (κ3) is 3.44. The van der Waals surface area contributed by atoms with Gasteiger partial charge in [-0.3, -0.25) is 0 Å². The maximum absolute atomic E-state index is 6.22. The average molecular weight is 384 g/mol. The first-order chi connectivity index (χ1) is 13.2. The lowest BCUT2D eigenvalue weighted by Gasteiger charge is -2.30. The summed E-state index contributed by atoms with van der Waals surface area (Å²) in [4.78, 5) is 16.3. The van der Waals surface area contributed by atoms with Gasteiger partial charge in [0, 0.05) is 41.8 Å². The standard InChI is InChI=1S/C19H22ClN7/c20-12-1-4-16-15(9-12)18(24-17-10-27(11-22-17)14-2-3-14)25-19(23-16)26-7-5-13(21)6-8-26/h1,4,9-11,13-14H,2-3,5-8,21H2,(H,23,24,25). The van der Waals surface area contributed by atoms with Crippen LogP contribution in [-0.2, 0) is 0 Å². The van der Waals surface area contributed by atoms with E-state index in [0.717, 1.165) is 54.4 Å². The number of nitrogens with zero attached hydrogens (tertiary/aromatic N) is 5. The van der Waals surface area contributed by atoms with E-state index in [0.29, 0.717) is 11.1 Å². The van der Waals surface area contributed by atoms with Crippen LogP contribution in [0.5, 0.6) is 0 Å². The van der Waals surface area contributed by atoms with Gasteiger partial charge < -0.3 is 20.5 Å². The van der Waals surface area contributed by atoms with Crippen LogP contribution in [0.3, 0.4) is 0 Å². The van der Waals surface area contributed by atoms with Crippen molar-refractivity contribution in [2.45, 2.75) is 37.8 Å². The zero-order chi connectivity index (χ0) is 18.4. The SMILES string of the molecule is NC1CCN(c2nc(Nc3cn(C4CC4)cn3)c3cc(Cl)ccc3n2)CC1. The Kier molecular flexibility index (Phi) is 4.13. The summed E-state index contributed by atoms with van der Waals surface area (Å²) in [5.74, 6) is 2.24. The molecule has 0 spiro atoms. The van der Waals surface area contributed by atoms with E-state index < -0.39 is 0 Å². The third-order valence-electron chi connectivity index (χ3n) is 5.28. The predicted octanol–water partition coefficient (Wildman–Crippen LogP) is 3.49. The van der Waals surface area contributed by atoms with Gasteiger partial charge in [0.15, 0.2) is 0 Å². The molecular formula is C19H22ClN7. The molecule has 27 heavy (non-hydrogen) atoms. The first kappa shape index (κ1) is 16.8. The second kappa shape index (κ2) is 6.65. The van der Waals surface area contributed by atoms with Crippen LogP contribution in [0.1, 0.15) is 31.7 Å². The highest BCUT2D eigenvalue weighted by Crippen LogP contribution is 2.35. The molecule has 1 saturated heterocycles. The number of hydrogen-bond acceptors (Lipinski definition) is 6. The molecule has 5 rings (SSSR count). The van der Waals surface area contributed by atoms with Crippen molar-refractivity contribution in [2.75, 3.05) is 23.3 Å². The Morgan fingerprint density at radius 3 is 2.70 bits per heavy atom. The van der Waals surface area contributed by atoms with E-state index in [1.165, 1.54) is 12.8 Å². The summed E-state index contributed by atoms with van der Waals surface area (Å²) in [7, 11) is 0. The largest absolute Gasteiger partial charge is 0.341 e. The van der Waals surface area contributed by atoms with Crippen LogP contribution in [-0.4, -0.2) is 38.7 Å².